The van der Waals surface area contributed by atoms with Gasteiger partial charge in [0.2, 0.25) is 5.88 Å². The predicted molar refractivity (Wildman–Crippen MR) is 102 cm³/mol. The van der Waals surface area contributed by atoms with Crippen LogP contribution in [0.5, 0.6) is 11.9 Å². The highest BCUT2D eigenvalue weighted by Gasteiger charge is 2.25. The Kier molecular flexibility index (Phi) is 4.87. The van der Waals surface area contributed by atoms with Gasteiger partial charge in [-0.15, -0.1) is 0 Å². The number of carbonyl (C=O) groups excluding carboxylic acids is 1. The fourth-order valence-electron chi connectivity index (χ4n) is 3.42. The summed E-state index contributed by atoms with van der Waals surface area (Å²) in [4.78, 5) is 23.1. The number of likely N-dealkylation sites (tertiary alicyclic amines) is 1. The van der Waals surface area contributed by atoms with E-state index in [-0.39, 0.29) is 18.0 Å². The highest BCUT2D eigenvalue weighted by atomic mass is 16.5. The Labute approximate surface area is 157 Å². The smallest absolute Gasteiger partial charge is 0.319 e. The molecule has 4 rings (SSSR count). The van der Waals surface area contributed by atoms with Crippen LogP contribution < -0.4 is 9.47 Å². The first-order valence-corrected chi connectivity index (χ1v) is 9.05. The molecule has 1 saturated heterocycles. The number of hydrogen-bond donors (Lipinski definition) is 0. The quantitative estimate of drug-likeness (QED) is 0.711. The van der Waals surface area contributed by atoms with E-state index in [1.54, 1.807) is 12.3 Å². The van der Waals surface area contributed by atoms with Crippen molar-refractivity contribution in [3.63, 3.8) is 0 Å². The predicted octanol–water partition coefficient (Wildman–Crippen LogP) is 3.32. The van der Waals surface area contributed by atoms with Crippen molar-refractivity contribution in [2.24, 2.45) is 0 Å². The Morgan fingerprint density at radius 3 is 2.67 bits per heavy atom. The number of aromatic nitrogens is 2. The molecule has 1 aliphatic rings. The second-order valence-electron chi connectivity index (χ2n) is 6.52. The Morgan fingerprint density at radius 2 is 1.85 bits per heavy atom. The molecule has 1 fully saturated rings. The number of methoxy groups -OCH3 is 1. The fourth-order valence-corrected chi connectivity index (χ4v) is 3.42. The molecule has 0 unspecified atom stereocenters. The lowest BCUT2D eigenvalue weighted by molar-refractivity contribution is 0.0588. The summed E-state index contributed by atoms with van der Waals surface area (Å²) >= 11 is 0. The number of carbonyl (C=O) groups is 1. The molecule has 0 radical (unpaired) electrons. The molecule has 138 valence electrons. The van der Waals surface area contributed by atoms with E-state index in [0.717, 1.165) is 29.2 Å². The molecule has 0 atom stereocenters. The first-order valence-electron chi connectivity index (χ1n) is 9.05. The maximum Gasteiger partial charge on any atom is 0.319 e. The van der Waals surface area contributed by atoms with Gasteiger partial charge in [-0.25, -0.2) is 4.98 Å². The largest absolute Gasteiger partial charge is 0.474 e. The zero-order valence-electron chi connectivity index (χ0n) is 15.2. The van der Waals surface area contributed by atoms with Crippen LogP contribution in [0.3, 0.4) is 0 Å². The molecule has 3 aromatic rings. The molecule has 2 heterocycles. The average molecular weight is 363 g/mol. The average Bonchev–Trinajstić information content (AvgIpc) is 2.73. The van der Waals surface area contributed by atoms with Crippen LogP contribution in [0.2, 0.25) is 0 Å². The van der Waals surface area contributed by atoms with Gasteiger partial charge in [0.15, 0.2) is 0 Å². The van der Waals surface area contributed by atoms with E-state index in [9.17, 15) is 4.79 Å². The lowest BCUT2D eigenvalue weighted by Crippen LogP contribution is -2.41. The van der Waals surface area contributed by atoms with Crippen molar-refractivity contribution in [3.8, 4) is 11.9 Å². The van der Waals surface area contributed by atoms with Crippen molar-refractivity contribution in [3.05, 3.63) is 60.3 Å². The van der Waals surface area contributed by atoms with E-state index < -0.39 is 0 Å². The van der Waals surface area contributed by atoms with Crippen LogP contribution in [0.1, 0.15) is 23.2 Å². The van der Waals surface area contributed by atoms with Crippen LogP contribution in [0, 0.1) is 0 Å². The number of benzene rings is 2. The third kappa shape index (κ3) is 3.69. The summed E-state index contributed by atoms with van der Waals surface area (Å²) in [7, 11) is 1.52. The molecular weight excluding hydrogens is 342 g/mol. The molecule has 1 aromatic heterocycles. The summed E-state index contributed by atoms with van der Waals surface area (Å²) in [5.41, 5.74) is 0.757. The van der Waals surface area contributed by atoms with Crippen molar-refractivity contribution in [2.75, 3.05) is 20.2 Å². The van der Waals surface area contributed by atoms with Crippen LogP contribution in [0.25, 0.3) is 10.8 Å². The van der Waals surface area contributed by atoms with E-state index in [0.29, 0.717) is 19.0 Å². The van der Waals surface area contributed by atoms with E-state index in [2.05, 4.69) is 9.97 Å². The zero-order valence-corrected chi connectivity index (χ0v) is 15.2. The Bertz CT molecular complexity index is 947. The van der Waals surface area contributed by atoms with Gasteiger partial charge < -0.3 is 14.4 Å². The number of ether oxygens (including phenoxy) is 2. The van der Waals surface area contributed by atoms with Crippen molar-refractivity contribution in [2.45, 2.75) is 18.9 Å². The second kappa shape index (κ2) is 7.61. The molecule has 6 nitrogen and oxygen atoms in total. The number of nitrogens with zero attached hydrogens (tertiary/aromatic N) is 3. The van der Waals surface area contributed by atoms with Crippen molar-refractivity contribution < 1.29 is 14.3 Å². The van der Waals surface area contributed by atoms with Gasteiger partial charge in [0.1, 0.15) is 6.10 Å². The Hall–Kier alpha value is -3.15. The highest BCUT2D eigenvalue weighted by Crippen LogP contribution is 2.23. The van der Waals surface area contributed by atoms with Crippen LogP contribution in [-0.2, 0) is 0 Å². The molecule has 2 aromatic carbocycles. The van der Waals surface area contributed by atoms with Gasteiger partial charge >= 0.3 is 6.01 Å². The minimum Gasteiger partial charge on any atom is -0.474 e. The molecule has 1 aliphatic heterocycles. The summed E-state index contributed by atoms with van der Waals surface area (Å²) in [5, 5.41) is 2.08. The Morgan fingerprint density at radius 1 is 1.07 bits per heavy atom. The van der Waals surface area contributed by atoms with Crippen molar-refractivity contribution in [1.29, 1.82) is 0 Å². The summed E-state index contributed by atoms with van der Waals surface area (Å²) in [5.74, 6) is 0.578. The number of piperidine rings is 1. The lowest BCUT2D eigenvalue weighted by Gasteiger charge is -2.32. The SMILES string of the molecule is COc1nccc(OC2CCN(C(=O)c3cccc4ccccc34)CC2)n1. The maximum absolute atomic E-state index is 13.0. The van der Waals surface area contributed by atoms with Gasteiger partial charge in [-0.05, 0) is 16.8 Å². The molecule has 1 amide bonds. The third-order valence-electron chi connectivity index (χ3n) is 4.83. The number of hydrogen-bond acceptors (Lipinski definition) is 5. The van der Waals surface area contributed by atoms with Crippen LogP contribution >= 0.6 is 0 Å². The third-order valence-corrected chi connectivity index (χ3v) is 4.83. The van der Waals surface area contributed by atoms with Crippen LogP contribution in [0.4, 0.5) is 0 Å². The van der Waals surface area contributed by atoms with Gasteiger partial charge in [0.25, 0.3) is 5.91 Å². The fraction of sp³-hybridized carbons (Fsp3) is 0.286. The van der Waals surface area contributed by atoms with Gasteiger partial charge in [0.05, 0.1) is 7.11 Å². The monoisotopic (exact) mass is 363 g/mol. The summed E-state index contributed by atoms with van der Waals surface area (Å²) < 4.78 is 11.0. The molecule has 0 bridgehead atoms. The van der Waals surface area contributed by atoms with Crippen molar-refractivity contribution in [1.82, 2.24) is 14.9 Å². The second-order valence-corrected chi connectivity index (χ2v) is 6.52. The minimum absolute atomic E-state index is 0.0289. The normalized spacial score (nSPS) is 14.9. The molecule has 0 spiro atoms. The van der Waals surface area contributed by atoms with Gasteiger partial charge in [-0.1, -0.05) is 36.4 Å². The molecular formula is C21H21N3O3. The first kappa shape index (κ1) is 17.3. The van der Waals surface area contributed by atoms with Gasteiger partial charge in [-0.3, -0.25) is 4.79 Å². The topological polar surface area (TPSA) is 64.6 Å². The molecule has 0 aliphatic carbocycles. The first-order chi connectivity index (χ1) is 13.2. The number of rotatable bonds is 4. The van der Waals surface area contributed by atoms with E-state index in [1.807, 2.05) is 47.4 Å². The van der Waals surface area contributed by atoms with E-state index in [1.165, 1.54) is 7.11 Å². The zero-order chi connectivity index (χ0) is 18.6. The van der Waals surface area contributed by atoms with E-state index >= 15 is 0 Å². The van der Waals surface area contributed by atoms with Crippen LogP contribution in [0.15, 0.2) is 54.7 Å². The lowest BCUT2D eigenvalue weighted by atomic mass is 10.0. The minimum atomic E-state index is 0.0289. The number of amides is 1. The van der Waals surface area contributed by atoms with Gasteiger partial charge in [-0.2, -0.15) is 4.98 Å². The summed E-state index contributed by atoms with van der Waals surface area (Å²) in [6.45, 7) is 1.32. The molecule has 6 heteroatoms. The standard InChI is InChI=1S/C21H21N3O3/c1-26-21-22-12-9-19(23-21)27-16-10-13-24(14-11-16)20(25)18-8-4-6-15-5-2-3-7-17(15)18/h2-9,12,16H,10-11,13-14H2,1H3. The summed E-state index contributed by atoms with van der Waals surface area (Å²) in [6.07, 6.45) is 3.17. The number of fused-ring (bicyclic) bond motifs is 1. The van der Waals surface area contributed by atoms with Crippen molar-refractivity contribution >= 4 is 16.7 Å². The maximum atomic E-state index is 13.0. The molecule has 0 N–H and O–H groups in total. The molecule has 0 saturated carbocycles. The van der Waals surface area contributed by atoms with E-state index in [4.69, 9.17) is 9.47 Å². The Balaban J connectivity index is 1.42. The molecule has 27 heavy (non-hydrogen) atoms. The van der Waals surface area contributed by atoms with Crippen LogP contribution in [-0.4, -0.2) is 47.1 Å². The van der Waals surface area contributed by atoms with Gasteiger partial charge in [0, 0.05) is 43.8 Å². The summed E-state index contributed by atoms with van der Waals surface area (Å²) in [6, 6.07) is 15.9. The highest BCUT2D eigenvalue weighted by molar-refractivity contribution is 6.07.